The molecule has 0 bridgehead atoms. The zero-order valence-electron chi connectivity index (χ0n) is 15.2. The van der Waals surface area contributed by atoms with E-state index in [-0.39, 0.29) is 16.8 Å². The van der Waals surface area contributed by atoms with Gasteiger partial charge >= 0.3 is 6.09 Å². The first-order chi connectivity index (χ1) is 11.2. The van der Waals surface area contributed by atoms with Crippen molar-refractivity contribution in [2.24, 2.45) is 0 Å². The van der Waals surface area contributed by atoms with Crippen molar-refractivity contribution in [1.82, 2.24) is 10.6 Å². The number of alkyl carbamates (subject to hydrolysis) is 1. The summed E-state index contributed by atoms with van der Waals surface area (Å²) in [6, 6.07) is 9.11. The fraction of sp³-hybridized carbons (Fsp3) is 0.556. The van der Waals surface area contributed by atoms with Gasteiger partial charge in [-0.15, -0.1) is 0 Å². The first-order valence-corrected chi connectivity index (χ1v) is 10.2. The quantitative estimate of drug-likeness (QED) is 0.740. The summed E-state index contributed by atoms with van der Waals surface area (Å²) < 4.78 is 5.26. The molecule has 0 saturated carbocycles. The summed E-state index contributed by atoms with van der Waals surface area (Å²) in [5.41, 5.74) is 0.433. The monoisotopic (exact) mass is 353 g/mol. The zero-order chi connectivity index (χ0) is 18.2. The van der Waals surface area contributed by atoms with E-state index in [1.54, 1.807) is 20.8 Å². The van der Waals surface area contributed by atoms with E-state index in [0.717, 1.165) is 11.3 Å². The molecule has 0 aliphatic rings. The number of benzene rings is 1. The van der Waals surface area contributed by atoms with Crippen LogP contribution in [0.4, 0.5) is 4.79 Å². The van der Waals surface area contributed by atoms with Gasteiger partial charge in [0.15, 0.2) is 0 Å². The molecule has 0 spiro atoms. The van der Waals surface area contributed by atoms with Gasteiger partial charge in [0, 0.05) is 13.0 Å². The summed E-state index contributed by atoms with van der Waals surface area (Å²) in [4.78, 5) is 24.4. The first-order valence-electron chi connectivity index (χ1n) is 8.03. The van der Waals surface area contributed by atoms with Gasteiger partial charge in [-0.1, -0.05) is 30.3 Å². The van der Waals surface area contributed by atoms with Crippen molar-refractivity contribution in [3.63, 3.8) is 0 Å². The van der Waals surface area contributed by atoms with Crippen LogP contribution in [0.25, 0.3) is 0 Å². The summed E-state index contributed by atoms with van der Waals surface area (Å²) in [6.07, 6.45) is 4.27. The fourth-order valence-corrected chi connectivity index (χ4v) is 2.69. The molecule has 134 valence electrons. The second-order valence-electron chi connectivity index (χ2n) is 6.88. The molecule has 1 atom stereocenters. The lowest BCUT2D eigenvalue weighted by molar-refractivity contribution is -0.123. The Balaban J connectivity index is 2.62. The van der Waals surface area contributed by atoms with Crippen LogP contribution < -0.4 is 10.6 Å². The van der Waals surface area contributed by atoms with E-state index in [4.69, 9.17) is 4.74 Å². The molecule has 5 nitrogen and oxygen atoms in total. The predicted molar refractivity (Wildman–Crippen MR) is 100 cm³/mol. The van der Waals surface area contributed by atoms with Gasteiger partial charge in [-0.25, -0.2) is 4.79 Å². The van der Waals surface area contributed by atoms with E-state index >= 15 is 0 Å². The molecular formula is C18H29N2O3S+. The Morgan fingerprint density at radius 2 is 1.79 bits per heavy atom. The van der Waals surface area contributed by atoms with Crippen molar-refractivity contribution in [3.8, 4) is 0 Å². The number of nitrogens with one attached hydrogen (secondary N) is 2. The van der Waals surface area contributed by atoms with Gasteiger partial charge in [-0.2, -0.15) is 0 Å². The Bertz CT molecular complexity index is 527. The molecule has 0 heterocycles. The third kappa shape index (κ3) is 8.82. The Morgan fingerprint density at radius 1 is 1.17 bits per heavy atom. The van der Waals surface area contributed by atoms with Crippen molar-refractivity contribution >= 4 is 22.9 Å². The number of amides is 2. The van der Waals surface area contributed by atoms with Gasteiger partial charge in [0.05, 0.1) is 12.5 Å². The highest BCUT2D eigenvalue weighted by molar-refractivity contribution is 7.95. The maximum Gasteiger partial charge on any atom is 0.408 e. The third-order valence-electron chi connectivity index (χ3n) is 3.13. The molecule has 0 fully saturated rings. The molecule has 1 aromatic rings. The van der Waals surface area contributed by atoms with Crippen LogP contribution >= 0.6 is 0 Å². The molecule has 0 radical (unpaired) electrons. The highest BCUT2D eigenvalue weighted by Crippen LogP contribution is 2.08. The van der Waals surface area contributed by atoms with Gasteiger partial charge in [0.1, 0.15) is 17.4 Å². The zero-order valence-corrected chi connectivity index (χ0v) is 16.0. The second-order valence-corrected chi connectivity index (χ2v) is 9.26. The Kier molecular flexibility index (Phi) is 8.11. The molecule has 0 aromatic heterocycles. The minimum absolute atomic E-state index is 0.185. The first kappa shape index (κ1) is 20.4. The van der Waals surface area contributed by atoms with Gasteiger partial charge in [-0.05, 0) is 37.2 Å². The van der Waals surface area contributed by atoms with Crippen LogP contribution in [0.2, 0.25) is 0 Å². The average Bonchev–Trinajstić information content (AvgIpc) is 2.48. The van der Waals surface area contributed by atoms with E-state index in [1.165, 1.54) is 0 Å². The average molecular weight is 354 g/mol. The van der Waals surface area contributed by atoms with Crippen LogP contribution in [0.15, 0.2) is 30.3 Å². The van der Waals surface area contributed by atoms with Crippen molar-refractivity contribution in [2.75, 3.05) is 18.3 Å². The molecule has 0 aliphatic heterocycles. The number of carbonyl (C=O) groups excluding carboxylic acids is 2. The number of ether oxygens (including phenoxy) is 1. The van der Waals surface area contributed by atoms with Crippen molar-refractivity contribution in [2.45, 2.75) is 45.4 Å². The van der Waals surface area contributed by atoms with Crippen LogP contribution in [-0.4, -0.2) is 41.9 Å². The molecule has 2 N–H and O–H groups in total. The predicted octanol–water partition coefficient (Wildman–Crippen LogP) is 2.46. The normalized spacial score (nSPS) is 12.6. The number of rotatable bonds is 7. The minimum atomic E-state index is -0.588. The number of carbonyl (C=O) groups is 2. The third-order valence-corrected chi connectivity index (χ3v) is 4.18. The van der Waals surface area contributed by atoms with Crippen LogP contribution in [0.3, 0.4) is 0 Å². The van der Waals surface area contributed by atoms with E-state index in [1.807, 2.05) is 30.3 Å². The van der Waals surface area contributed by atoms with Crippen LogP contribution in [0.5, 0.6) is 0 Å². The Hall–Kier alpha value is -1.69. The van der Waals surface area contributed by atoms with Gasteiger partial charge < -0.3 is 15.4 Å². The lowest BCUT2D eigenvalue weighted by Gasteiger charge is -2.23. The minimum Gasteiger partial charge on any atom is -0.444 e. The van der Waals surface area contributed by atoms with Gasteiger partial charge in [0.2, 0.25) is 5.91 Å². The lowest BCUT2D eigenvalue weighted by Crippen LogP contribution is -2.48. The summed E-state index contributed by atoms with van der Waals surface area (Å²) in [6.45, 7) is 5.84. The Labute approximate surface area is 147 Å². The van der Waals surface area contributed by atoms with Crippen LogP contribution in [0, 0.1) is 0 Å². The highest BCUT2D eigenvalue weighted by atomic mass is 32.2. The lowest BCUT2D eigenvalue weighted by atomic mass is 10.2. The number of hydrogen-bond acceptors (Lipinski definition) is 3. The molecule has 0 saturated heterocycles. The van der Waals surface area contributed by atoms with Crippen LogP contribution in [0.1, 0.15) is 32.8 Å². The van der Waals surface area contributed by atoms with Gasteiger partial charge in [-0.3, -0.25) is 4.79 Å². The topological polar surface area (TPSA) is 67.4 Å². The molecule has 24 heavy (non-hydrogen) atoms. The van der Waals surface area contributed by atoms with E-state index in [0.29, 0.717) is 13.0 Å². The van der Waals surface area contributed by atoms with E-state index < -0.39 is 17.7 Å². The smallest absolute Gasteiger partial charge is 0.408 e. The number of hydrogen-bond donors (Lipinski definition) is 2. The van der Waals surface area contributed by atoms with E-state index in [9.17, 15) is 9.59 Å². The standard InChI is InChI=1S/C18H28N2O3S/c1-18(2,3)23-17(22)20-15(11-12-24(4)5)16(21)19-13-14-9-7-6-8-10-14/h6-10,15H,11-13H2,1-5H3,(H-,19,20,21,22)/p+1/t15-/m1/s1. The summed E-state index contributed by atoms with van der Waals surface area (Å²) in [5, 5.41) is 5.58. The molecule has 1 aromatic carbocycles. The molecule has 0 unspecified atom stereocenters. The fourth-order valence-electron chi connectivity index (χ4n) is 1.98. The summed E-state index contributed by atoms with van der Waals surface area (Å²) in [5.74, 6) is 0.689. The van der Waals surface area contributed by atoms with Crippen molar-refractivity contribution < 1.29 is 14.3 Å². The Morgan fingerprint density at radius 3 is 2.33 bits per heavy atom. The maximum atomic E-state index is 12.5. The SMILES string of the molecule is C[S+](C)CC[C@@H](NC(=O)OC(C)(C)C)C(=O)NCc1ccccc1. The highest BCUT2D eigenvalue weighted by Gasteiger charge is 2.25. The summed E-state index contributed by atoms with van der Waals surface area (Å²) in [7, 11) is 0.201. The molecule has 0 aliphatic carbocycles. The van der Waals surface area contributed by atoms with Crippen molar-refractivity contribution in [3.05, 3.63) is 35.9 Å². The largest absolute Gasteiger partial charge is 0.444 e. The molecular weight excluding hydrogens is 324 g/mol. The summed E-state index contributed by atoms with van der Waals surface area (Å²) >= 11 is 0. The molecule has 6 heteroatoms. The van der Waals surface area contributed by atoms with Crippen molar-refractivity contribution in [1.29, 1.82) is 0 Å². The second kappa shape index (κ2) is 9.57. The van der Waals surface area contributed by atoms with Crippen LogP contribution in [-0.2, 0) is 27.0 Å². The molecule has 1 rings (SSSR count). The maximum absolute atomic E-state index is 12.5. The molecule has 2 amide bonds. The van der Waals surface area contributed by atoms with E-state index in [2.05, 4.69) is 23.1 Å². The van der Waals surface area contributed by atoms with Gasteiger partial charge in [0.25, 0.3) is 0 Å².